The molecule has 0 fully saturated rings. The van der Waals surface area contributed by atoms with Crippen molar-refractivity contribution in [1.82, 2.24) is 4.31 Å². The van der Waals surface area contributed by atoms with Crippen molar-refractivity contribution < 1.29 is 22.7 Å². The highest BCUT2D eigenvalue weighted by Gasteiger charge is 2.28. The van der Waals surface area contributed by atoms with Crippen molar-refractivity contribution in [2.75, 3.05) is 31.8 Å². The third-order valence-corrected chi connectivity index (χ3v) is 8.81. The first-order valence-electron chi connectivity index (χ1n) is 9.99. The molecule has 1 N–H and O–H groups in total. The fraction of sp³-hybridized carbons (Fsp3) is 0.429. The molecule has 31 heavy (non-hydrogen) atoms. The van der Waals surface area contributed by atoms with Gasteiger partial charge in [0, 0.05) is 16.8 Å². The predicted octanol–water partition coefficient (Wildman–Crippen LogP) is 3.78. The molecule has 0 spiro atoms. The zero-order valence-electron chi connectivity index (χ0n) is 17.8. The highest BCUT2D eigenvalue weighted by atomic mass is 32.2. The molecule has 0 atom stereocenters. The lowest BCUT2D eigenvalue weighted by atomic mass is 9.95. The second kappa shape index (κ2) is 10.2. The summed E-state index contributed by atoms with van der Waals surface area (Å²) in [6.45, 7) is 1.62. The first-order valence-corrected chi connectivity index (χ1v) is 13.5. The lowest BCUT2D eigenvalue weighted by molar-refractivity contribution is -0.116. The van der Waals surface area contributed by atoms with Crippen molar-refractivity contribution >= 4 is 50.0 Å². The van der Waals surface area contributed by atoms with Gasteiger partial charge in [0.2, 0.25) is 15.9 Å². The largest absolute Gasteiger partial charge is 0.462 e. The van der Waals surface area contributed by atoms with Crippen LogP contribution in [0.15, 0.2) is 34.1 Å². The summed E-state index contributed by atoms with van der Waals surface area (Å²) in [6.07, 6.45) is 5.57. The number of amides is 1. The van der Waals surface area contributed by atoms with E-state index in [4.69, 9.17) is 4.74 Å². The van der Waals surface area contributed by atoms with Crippen LogP contribution in [-0.2, 0) is 32.4 Å². The Morgan fingerprint density at radius 3 is 2.52 bits per heavy atom. The average molecular weight is 483 g/mol. The zero-order valence-corrected chi connectivity index (χ0v) is 20.2. The Balaban J connectivity index is 1.77. The quantitative estimate of drug-likeness (QED) is 0.455. The molecule has 1 heterocycles. The third-order valence-electron chi connectivity index (χ3n) is 5.04. The van der Waals surface area contributed by atoms with Crippen LogP contribution in [0.4, 0.5) is 5.00 Å². The molecule has 1 aromatic carbocycles. The molecular formula is C21H26N2O5S3. The van der Waals surface area contributed by atoms with Gasteiger partial charge in [-0.2, -0.15) is 4.31 Å². The number of ether oxygens (including phenoxy) is 1. The number of carbonyl (C=O) groups excluding carboxylic acids is 2. The molecule has 7 nitrogen and oxygen atoms in total. The number of likely N-dealkylation sites (N-methyl/N-ethyl adjacent to an activating group) is 1. The molecule has 1 aliphatic carbocycles. The lowest BCUT2D eigenvalue weighted by Gasteiger charge is -2.17. The van der Waals surface area contributed by atoms with Gasteiger partial charge in [-0.15, -0.1) is 23.1 Å². The number of anilines is 1. The van der Waals surface area contributed by atoms with Crippen LogP contribution in [0.1, 0.15) is 40.6 Å². The summed E-state index contributed by atoms with van der Waals surface area (Å²) in [5.41, 5.74) is 1.35. The van der Waals surface area contributed by atoms with E-state index in [1.807, 2.05) is 6.26 Å². The van der Waals surface area contributed by atoms with Crippen LogP contribution in [0.25, 0.3) is 0 Å². The van der Waals surface area contributed by atoms with Gasteiger partial charge in [0.15, 0.2) is 0 Å². The van der Waals surface area contributed by atoms with Gasteiger partial charge in [-0.05, 0) is 68.7 Å². The molecule has 3 rings (SSSR count). The topological polar surface area (TPSA) is 92.8 Å². The van der Waals surface area contributed by atoms with E-state index in [2.05, 4.69) is 5.32 Å². The number of nitrogens with zero attached hydrogens (tertiary/aromatic N) is 1. The van der Waals surface area contributed by atoms with Gasteiger partial charge in [0.1, 0.15) is 5.00 Å². The summed E-state index contributed by atoms with van der Waals surface area (Å²) in [5, 5.41) is 3.18. The number of sulfonamides is 1. The predicted molar refractivity (Wildman–Crippen MR) is 124 cm³/mol. The van der Waals surface area contributed by atoms with E-state index in [1.165, 1.54) is 42.3 Å². The van der Waals surface area contributed by atoms with Crippen molar-refractivity contribution in [3.63, 3.8) is 0 Å². The summed E-state index contributed by atoms with van der Waals surface area (Å²) in [4.78, 5) is 27.4. The smallest absolute Gasteiger partial charge is 0.341 e. The summed E-state index contributed by atoms with van der Waals surface area (Å²) in [7, 11) is -2.45. The number of rotatable bonds is 8. The first-order chi connectivity index (χ1) is 14.8. The lowest BCUT2D eigenvalue weighted by Crippen LogP contribution is -2.35. The van der Waals surface area contributed by atoms with Crippen molar-refractivity contribution in [3.8, 4) is 0 Å². The molecule has 0 saturated carbocycles. The zero-order chi connectivity index (χ0) is 22.6. The van der Waals surface area contributed by atoms with E-state index in [0.29, 0.717) is 10.6 Å². The molecule has 1 aromatic heterocycles. The molecule has 10 heteroatoms. The number of thioether (sulfide) groups is 1. The normalized spacial score (nSPS) is 13.7. The number of esters is 1. The number of hydrogen-bond donors (Lipinski definition) is 1. The van der Waals surface area contributed by atoms with Gasteiger partial charge in [0.05, 0.1) is 23.6 Å². The minimum atomic E-state index is -3.81. The second-order valence-electron chi connectivity index (χ2n) is 7.12. The second-order valence-corrected chi connectivity index (χ2v) is 11.1. The van der Waals surface area contributed by atoms with Crippen LogP contribution in [-0.4, -0.2) is 51.1 Å². The van der Waals surface area contributed by atoms with E-state index < -0.39 is 21.9 Å². The van der Waals surface area contributed by atoms with Gasteiger partial charge in [-0.3, -0.25) is 4.79 Å². The van der Waals surface area contributed by atoms with Crippen LogP contribution in [0.3, 0.4) is 0 Å². The Hall–Kier alpha value is -1.88. The molecule has 1 amide bonds. The maximum Gasteiger partial charge on any atom is 0.341 e. The Kier molecular flexibility index (Phi) is 7.79. The fourth-order valence-corrected chi connectivity index (χ4v) is 6.28. The third kappa shape index (κ3) is 5.31. The van der Waals surface area contributed by atoms with Gasteiger partial charge in [-0.25, -0.2) is 13.2 Å². The van der Waals surface area contributed by atoms with E-state index >= 15 is 0 Å². The number of thiophene rings is 1. The van der Waals surface area contributed by atoms with Crippen LogP contribution >= 0.6 is 23.1 Å². The summed E-state index contributed by atoms with van der Waals surface area (Å²) >= 11 is 2.89. The van der Waals surface area contributed by atoms with Gasteiger partial charge in [-0.1, -0.05) is 0 Å². The van der Waals surface area contributed by atoms with E-state index in [-0.39, 0.29) is 18.0 Å². The van der Waals surface area contributed by atoms with E-state index in [0.717, 1.165) is 45.3 Å². The molecule has 2 aromatic rings. The maximum atomic E-state index is 12.8. The Labute approximate surface area is 191 Å². The molecule has 168 valence electrons. The number of aryl methyl sites for hydroxylation is 1. The van der Waals surface area contributed by atoms with Crippen molar-refractivity contribution in [1.29, 1.82) is 0 Å². The van der Waals surface area contributed by atoms with Crippen molar-refractivity contribution in [3.05, 3.63) is 40.3 Å². The molecule has 1 aliphatic rings. The Bertz CT molecular complexity index is 1060. The number of benzene rings is 1. The highest BCUT2D eigenvalue weighted by Crippen LogP contribution is 2.38. The molecule has 0 aliphatic heterocycles. The summed E-state index contributed by atoms with van der Waals surface area (Å²) in [5.74, 6) is -0.956. The summed E-state index contributed by atoms with van der Waals surface area (Å²) < 4.78 is 31.8. The molecule has 0 radical (unpaired) electrons. The van der Waals surface area contributed by atoms with E-state index in [1.54, 1.807) is 19.1 Å². The first kappa shape index (κ1) is 23.8. The fourth-order valence-electron chi connectivity index (χ4n) is 3.45. The standard InChI is InChI=1S/C21H26N2O5S3/c1-4-28-21(25)19-16-7-5-6-8-17(16)30-20(19)22-18(24)13-23(2)31(26,27)15-11-9-14(29-3)10-12-15/h9-12H,4-8,13H2,1-3H3,(H,22,24). The minimum Gasteiger partial charge on any atom is -0.462 e. The van der Waals surface area contributed by atoms with Crippen LogP contribution in [0, 0.1) is 0 Å². The SMILES string of the molecule is CCOC(=O)c1c(NC(=O)CN(C)S(=O)(=O)c2ccc(SC)cc2)sc2c1CCCC2. The molecule has 0 saturated heterocycles. The summed E-state index contributed by atoms with van der Waals surface area (Å²) in [6, 6.07) is 6.52. The highest BCUT2D eigenvalue weighted by molar-refractivity contribution is 7.98. The Morgan fingerprint density at radius 2 is 1.87 bits per heavy atom. The number of fused-ring (bicyclic) bond motifs is 1. The van der Waals surface area contributed by atoms with Crippen molar-refractivity contribution in [2.24, 2.45) is 0 Å². The van der Waals surface area contributed by atoms with Gasteiger partial charge < -0.3 is 10.1 Å². The van der Waals surface area contributed by atoms with Crippen LogP contribution in [0.2, 0.25) is 0 Å². The van der Waals surface area contributed by atoms with Crippen LogP contribution in [0.5, 0.6) is 0 Å². The van der Waals surface area contributed by atoms with Gasteiger partial charge in [0.25, 0.3) is 0 Å². The number of hydrogen-bond acceptors (Lipinski definition) is 7. The molecular weight excluding hydrogens is 456 g/mol. The molecule has 0 unspecified atom stereocenters. The van der Waals surface area contributed by atoms with Gasteiger partial charge >= 0.3 is 5.97 Å². The Morgan fingerprint density at radius 1 is 1.19 bits per heavy atom. The average Bonchev–Trinajstić information content (AvgIpc) is 3.11. The number of nitrogens with one attached hydrogen (secondary N) is 1. The number of carbonyl (C=O) groups is 2. The monoisotopic (exact) mass is 482 g/mol. The van der Waals surface area contributed by atoms with Crippen LogP contribution < -0.4 is 5.32 Å². The molecule has 0 bridgehead atoms. The minimum absolute atomic E-state index is 0.124. The maximum absolute atomic E-state index is 12.8. The van der Waals surface area contributed by atoms with E-state index in [9.17, 15) is 18.0 Å². The van der Waals surface area contributed by atoms with Crippen molar-refractivity contribution in [2.45, 2.75) is 42.4 Å².